The maximum atomic E-state index is 10.7. The normalized spacial score (nSPS) is 9.75. The predicted molar refractivity (Wildman–Crippen MR) is 46.1 cm³/mol. The molecule has 4 nitrogen and oxygen atoms in total. The highest BCUT2D eigenvalue weighted by Crippen LogP contribution is 2.20. The molecule has 0 atom stereocenters. The van der Waals surface area contributed by atoms with Crippen LogP contribution >= 0.6 is 11.3 Å². The lowest BCUT2D eigenvalue weighted by Crippen LogP contribution is -2.10. The van der Waals surface area contributed by atoms with Crippen molar-refractivity contribution in [2.24, 2.45) is 11.5 Å². The van der Waals surface area contributed by atoms with Crippen molar-refractivity contribution in [2.45, 2.75) is 6.92 Å². The van der Waals surface area contributed by atoms with Crippen LogP contribution in [-0.2, 0) is 0 Å². The summed E-state index contributed by atoms with van der Waals surface area (Å²) in [6.45, 7) is 1.71. The molecule has 0 saturated carbocycles. The van der Waals surface area contributed by atoms with Crippen LogP contribution in [0.4, 0.5) is 0 Å². The molecule has 0 aliphatic carbocycles. The van der Waals surface area contributed by atoms with Crippen LogP contribution in [0, 0.1) is 6.92 Å². The topological polar surface area (TPSA) is 86.2 Å². The highest BCUT2D eigenvalue weighted by molar-refractivity contribution is 7.16. The first-order chi connectivity index (χ1) is 5.52. The van der Waals surface area contributed by atoms with Crippen LogP contribution in [0.1, 0.15) is 24.9 Å². The number of rotatable bonds is 2. The molecule has 2 amide bonds. The third-order valence-corrected chi connectivity index (χ3v) is 2.65. The average Bonchev–Trinajstić information content (AvgIpc) is 2.30. The Morgan fingerprint density at radius 2 is 1.92 bits per heavy atom. The van der Waals surface area contributed by atoms with E-state index in [2.05, 4.69) is 0 Å². The molecule has 0 aliphatic heterocycles. The van der Waals surface area contributed by atoms with Gasteiger partial charge in [0.05, 0.1) is 9.75 Å². The number of amides is 2. The molecule has 0 aliphatic rings. The molecule has 1 aromatic heterocycles. The average molecular weight is 184 g/mol. The number of carbonyl (C=O) groups is 2. The quantitative estimate of drug-likeness (QED) is 0.690. The number of hydrogen-bond acceptors (Lipinski definition) is 3. The summed E-state index contributed by atoms with van der Waals surface area (Å²) in [5, 5.41) is 0. The lowest BCUT2D eigenvalue weighted by atomic mass is 10.2. The molecule has 64 valence electrons. The molecule has 0 aromatic carbocycles. The standard InChI is InChI=1S/C7H8N2O2S/c1-3-2-4(6(8)10)12-5(3)7(9)11/h2H,1H3,(H2,8,10)(H2,9,11). The molecular formula is C7H8N2O2S. The van der Waals surface area contributed by atoms with Gasteiger partial charge in [-0.1, -0.05) is 0 Å². The van der Waals surface area contributed by atoms with Crippen molar-refractivity contribution in [3.63, 3.8) is 0 Å². The molecule has 12 heavy (non-hydrogen) atoms. The monoisotopic (exact) mass is 184 g/mol. The van der Waals surface area contributed by atoms with Crippen molar-refractivity contribution in [2.75, 3.05) is 0 Å². The first kappa shape index (κ1) is 8.73. The Hall–Kier alpha value is -1.36. The molecule has 5 heteroatoms. The molecule has 0 unspecified atom stereocenters. The van der Waals surface area contributed by atoms with E-state index in [0.717, 1.165) is 11.3 Å². The highest BCUT2D eigenvalue weighted by atomic mass is 32.1. The van der Waals surface area contributed by atoms with Crippen molar-refractivity contribution in [1.82, 2.24) is 0 Å². The van der Waals surface area contributed by atoms with Crippen molar-refractivity contribution in [3.8, 4) is 0 Å². The Bertz CT molecular complexity index is 343. The maximum Gasteiger partial charge on any atom is 0.259 e. The van der Waals surface area contributed by atoms with E-state index in [-0.39, 0.29) is 0 Å². The zero-order chi connectivity index (χ0) is 9.30. The Balaban J connectivity index is 3.17. The van der Waals surface area contributed by atoms with Crippen molar-refractivity contribution in [1.29, 1.82) is 0 Å². The van der Waals surface area contributed by atoms with Crippen LogP contribution in [0.15, 0.2) is 6.07 Å². The molecule has 4 N–H and O–H groups in total. The van der Waals surface area contributed by atoms with Gasteiger partial charge >= 0.3 is 0 Å². The molecule has 0 saturated heterocycles. The Kier molecular flexibility index (Phi) is 2.14. The predicted octanol–water partition coefficient (Wildman–Crippen LogP) is 0.254. The maximum absolute atomic E-state index is 10.7. The van der Waals surface area contributed by atoms with E-state index in [9.17, 15) is 9.59 Å². The number of aryl methyl sites for hydroxylation is 1. The number of carbonyl (C=O) groups excluding carboxylic acids is 2. The molecule has 0 radical (unpaired) electrons. The summed E-state index contributed by atoms with van der Waals surface area (Å²) >= 11 is 1.03. The van der Waals surface area contributed by atoms with Gasteiger partial charge in [0.25, 0.3) is 11.8 Å². The summed E-state index contributed by atoms with van der Waals surface area (Å²) in [5.41, 5.74) is 10.8. The highest BCUT2D eigenvalue weighted by Gasteiger charge is 2.12. The molecule has 1 heterocycles. The molecule has 0 bridgehead atoms. The number of thiophene rings is 1. The number of hydrogen-bond donors (Lipinski definition) is 2. The SMILES string of the molecule is Cc1cc(C(N)=O)sc1C(N)=O. The van der Waals surface area contributed by atoms with Crippen LogP contribution < -0.4 is 11.5 Å². The van der Waals surface area contributed by atoms with Crippen molar-refractivity contribution < 1.29 is 9.59 Å². The minimum atomic E-state index is -0.532. The summed E-state index contributed by atoms with van der Waals surface area (Å²) in [7, 11) is 0. The van der Waals surface area contributed by atoms with Crippen molar-refractivity contribution >= 4 is 23.2 Å². The third-order valence-electron chi connectivity index (χ3n) is 1.38. The fourth-order valence-electron chi connectivity index (χ4n) is 0.848. The van der Waals surface area contributed by atoms with Gasteiger partial charge in [0.1, 0.15) is 0 Å². The second kappa shape index (κ2) is 2.94. The number of primary amides is 2. The van der Waals surface area contributed by atoms with Crippen LogP contribution in [0.2, 0.25) is 0 Å². The third kappa shape index (κ3) is 1.45. The fraction of sp³-hybridized carbons (Fsp3) is 0.143. The van der Waals surface area contributed by atoms with Gasteiger partial charge in [0.15, 0.2) is 0 Å². The van der Waals surface area contributed by atoms with Crippen LogP contribution in [0.25, 0.3) is 0 Å². The lowest BCUT2D eigenvalue weighted by Gasteiger charge is -1.87. The van der Waals surface area contributed by atoms with E-state index in [1.54, 1.807) is 13.0 Å². The van der Waals surface area contributed by atoms with Gasteiger partial charge in [0, 0.05) is 0 Å². The largest absolute Gasteiger partial charge is 0.365 e. The van der Waals surface area contributed by atoms with Gasteiger partial charge in [-0.15, -0.1) is 11.3 Å². The van der Waals surface area contributed by atoms with E-state index < -0.39 is 11.8 Å². The number of nitrogens with two attached hydrogens (primary N) is 2. The Morgan fingerprint density at radius 1 is 1.33 bits per heavy atom. The summed E-state index contributed by atoms with van der Waals surface area (Å²) in [5.74, 6) is -1.06. The lowest BCUT2D eigenvalue weighted by molar-refractivity contribution is 0.0996. The molecular weight excluding hydrogens is 176 g/mol. The van der Waals surface area contributed by atoms with Crippen LogP contribution in [-0.4, -0.2) is 11.8 Å². The van der Waals surface area contributed by atoms with Crippen LogP contribution in [0.3, 0.4) is 0 Å². The van der Waals surface area contributed by atoms with Crippen molar-refractivity contribution in [3.05, 3.63) is 21.4 Å². The van der Waals surface area contributed by atoms with Gasteiger partial charge in [-0.05, 0) is 18.6 Å². The Morgan fingerprint density at radius 3 is 2.17 bits per heavy atom. The zero-order valence-electron chi connectivity index (χ0n) is 6.46. The summed E-state index contributed by atoms with van der Waals surface area (Å²) < 4.78 is 0. The van der Waals surface area contributed by atoms with E-state index in [0.29, 0.717) is 15.3 Å². The fourth-order valence-corrected chi connectivity index (χ4v) is 1.72. The zero-order valence-corrected chi connectivity index (χ0v) is 7.27. The van der Waals surface area contributed by atoms with Crippen LogP contribution in [0.5, 0.6) is 0 Å². The van der Waals surface area contributed by atoms with E-state index in [1.165, 1.54) is 0 Å². The van der Waals surface area contributed by atoms with E-state index >= 15 is 0 Å². The summed E-state index contributed by atoms with van der Waals surface area (Å²) in [4.78, 5) is 22.2. The molecule has 0 fully saturated rings. The van der Waals surface area contributed by atoms with Gasteiger partial charge in [-0.3, -0.25) is 9.59 Å². The van der Waals surface area contributed by atoms with E-state index in [1.807, 2.05) is 0 Å². The minimum absolute atomic E-state index is 0.362. The molecule has 0 spiro atoms. The smallest absolute Gasteiger partial charge is 0.259 e. The van der Waals surface area contributed by atoms with Gasteiger partial charge < -0.3 is 11.5 Å². The minimum Gasteiger partial charge on any atom is -0.365 e. The second-order valence-electron chi connectivity index (χ2n) is 2.35. The Labute approximate surface area is 73.2 Å². The van der Waals surface area contributed by atoms with E-state index in [4.69, 9.17) is 11.5 Å². The molecule has 1 rings (SSSR count). The first-order valence-corrected chi connectivity index (χ1v) is 4.04. The summed E-state index contributed by atoms with van der Waals surface area (Å²) in [6, 6.07) is 1.56. The first-order valence-electron chi connectivity index (χ1n) is 3.22. The second-order valence-corrected chi connectivity index (χ2v) is 3.40. The van der Waals surface area contributed by atoms with Gasteiger partial charge in [0.2, 0.25) is 0 Å². The van der Waals surface area contributed by atoms with Gasteiger partial charge in [-0.2, -0.15) is 0 Å². The molecule has 1 aromatic rings. The summed E-state index contributed by atoms with van der Waals surface area (Å²) in [6.07, 6.45) is 0. The van der Waals surface area contributed by atoms with Gasteiger partial charge in [-0.25, -0.2) is 0 Å².